The Morgan fingerprint density at radius 1 is 0.519 bits per heavy atom. The average molecular weight is 938 g/mol. The molecule has 0 atom stereocenters. The topological polar surface area (TPSA) is 57.2 Å². The monoisotopic (exact) mass is 937 g/mol. The first kappa shape index (κ1) is 44.5. The van der Waals surface area contributed by atoms with E-state index in [4.69, 9.17) is 13.0 Å². The zero-order valence-electron chi connectivity index (χ0n) is 28.6. The largest absolute Gasteiger partial charge is 0.741 e. The summed E-state index contributed by atoms with van der Waals surface area (Å²) in [5.41, 5.74) is -4.52. The van der Waals surface area contributed by atoms with Gasteiger partial charge in [-0.2, -0.15) is 13.2 Å². The summed E-state index contributed by atoms with van der Waals surface area (Å²) in [4.78, 5) is 0. The van der Waals surface area contributed by atoms with Gasteiger partial charge in [-0.05, 0) is 61.0 Å². The molecule has 0 saturated heterocycles. The first-order valence-corrected chi connectivity index (χ1v) is 19.9. The maximum atomic E-state index is 10.7. The van der Waals surface area contributed by atoms with Crippen molar-refractivity contribution in [1.29, 1.82) is 0 Å². The number of halogens is 3. The van der Waals surface area contributed by atoms with Crippen molar-refractivity contribution in [2.45, 2.75) is 19.4 Å². The molecule has 0 aliphatic heterocycles. The van der Waals surface area contributed by atoms with Gasteiger partial charge in [0.15, 0.2) is 10.1 Å². The van der Waals surface area contributed by atoms with E-state index in [1.54, 1.807) is 0 Å². The fourth-order valence-electron chi connectivity index (χ4n) is 4.36. The number of rotatable bonds is 7. The van der Waals surface area contributed by atoms with Crippen molar-refractivity contribution in [3.8, 4) is 0 Å². The average Bonchev–Trinajstić information content (AvgIpc) is 3.15. The van der Waals surface area contributed by atoms with E-state index >= 15 is 0 Å². The molecule has 273 valence electrons. The van der Waals surface area contributed by atoms with Gasteiger partial charge in [-0.15, -0.1) is 0 Å². The minimum absolute atomic E-state index is 0. The van der Waals surface area contributed by atoms with Gasteiger partial charge in [0, 0.05) is 21.1 Å². The molecular formula is C42H39F3O3P2PtS-. The van der Waals surface area contributed by atoms with E-state index in [2.05, 4.69) is 189 Å². The zero-order valence-corrected chi connectivity index (χ0v) is 33.5. The molecule has 3 nitrogen and oxygen atoms in total. The fourth-order valence-corrected chi connectivity index (χ4v) is 8.97. The molecule has 0 N–H and O–H groups in total. The fraction of sp³-hybridized carbons (Fsp3) is 0.0714. The molecule has 0 heterocycles. The summed E-state index contributed by atoms with van der Waals surface area (Å²) < 4.78 is 58.9. The van der Waals surface area contributed by atoms with Crippen LogP contribution in [0.5, 0.6) is 0 Å². The second-order valence-corrected chi connectivity index (χ2v) is 16.5. The molecule has 6 aromatic rings. The smallest absolute Gasteiger partial charge is 0.485 e. The van der Waals surface area contributed by atoms with Gasteiger partial charge < -0.3 is 4.55 Å². The molecular weight excluding hydrogens is 899 g/mol. The zero-order chi connectivity index (χ0) is 37.1. The first-order chi connectivity index (χ1) is 24.4. The summed E-state index contributed by atoms with van der Waals surface area (Å²) in [6.07, 6.45) is 1.97. The van der Waals surface area contributed by atoms with Gasteiger partial charge in [-0.3, -0.25) is 0 Å². The molecule has 0 saturated carbocycles. The molecule has 0 bridgehead atoms. The molecule has 0 amide bonds. The first-order valence-electron chi connectivity index (χ1n) is 15.8. The van der Waals surface area contributed by atoms with Gasteiger partial charge >= 0.3 is 5.51 Å². The number of hydrogen-bond acceptors (Lipinski definition) is 3. The Labute approximate surface area is 323 Å². The SMILES string of the molecule is C=C(C)[CH]C.O=S(=O)([O-])C(F)(F)F.[Pt].c1ccc(P(c2ccccc2)c2ccccc2)cc1.c1ccc(P(c2ccccc2)c2ccccc2)cc1. The number of alkyl halides is 3. The van der Waals surface area contributed by atoms with Crippen LogP contribution in [0, 0.1) is 6.42 Å². The Hall–Kier alpha value is -3.69. The number of allylic oxidation sites excluding steroid dienone is 1. The summed E-state index contributed by atoms with van der Waals surface area (Å²) in [7, 11) is -6.98. The van der Waals surface area contributed by atoms with Crippen LogP contribution in [0.4, 0.5) is 13.2 Å². The van der Waals surface area contributed by atoms with Crippen LogP contribution in [0.25, 0.3) is 0 Å². The van der Waals surface area contributed by atoms with E-state index in [1.165, 1.54) is 31.8 Å². The minimum Gasteiger partial charge on any atom is -0.741 e. The third-order valence-electron chi connectivity index (χ3n) is 6.86. The van der Waals surface area contributed by atoms with Gasteiger partial charge in [0.1, 0.15) is 0 Å². The van der Waals surface area contributed by atoms with Crippen LogP contribution in [0.15, 0.2) is 194 Å². The van der Waals surface area contributed by atoms with Crippen molar-refractivity contribution < 1.29 is 47.2 Å². The maximum absolute atomic E-state index is 10.7. The van der Waals surface area contributed by atoms with Crippen molar-refractivity contribution in [1.82, 2.24) is 0 Å². The molecule has 0 unspecified atom stereocenters. The number of benzene rings is 6. The Morgan fingerprint density at radius 3 is 0.750 bits per heavy atom. The predicted molar refractivity (Wildman–Crippen MR) is 211 cm³/mol. The van der Waals surface area contributed by atoms with Gasteiger partial charge in [-0.1, -0.05) is 201 Å². The van der Waals surface area contributed by atoms with Crippen LogP contribution in [0.1, 0.15) is 13.8 Å². The Bertz CT molecular complexity index is 1650. The van der Waals surface area contributed by atoms with Gasteiger partial charge in [0.2, 0.25) is 0 Å². The van der Waals surface area contributed by atoms with Crippen molar-refractivity contribution in [2.24, 2.45) is 0 Å². The van der Waals surface area contributed by atoms with E-state index in [0.717, 1.165) is 5.57 Å². The normalized spacial score (nSPS) is 10.6. The van der Waals surface area contributed by atoms with Crippen LogP contribution >= 0.6 is 15.8 Å². The molecule has 0 fully saturated rings. The molecule has 6 rings (SSSR count). The van der Waals surface area contributed by atoms with Crippen molar-refractivity contribution in [3.05, 3.63) is 201 Å². The summed E-state index contributed by atoms with van der Waals surface area (Å²) in [5.74, 6) is 0. The maximum Gasteiger partial charge on any atom is 0.485 e. The van der Waals surface area contributed by atoms with E-state index in [1.807, 2.05) is 20.3 Å². The standard InChI is InChI=1S/2C18H15P.C5H9.CHF3O3S.Pt/c2*1-4-10-16(11-5-1)19(17-12-6-2-7-13-17)18-14-8-3-9-15-18;1-4-5(2)3;2-1(3,4)8(5,6)7;/h2*1-15H;4H,2H2,1,3H3;(H,5,6,7);/p-1. The second-order valence-electron chi connectivity index (χ2n) is 10.7. The Balaban J connectivity index is 0.000000268. The van der Waals surface area contributed by atoms with E-state index in [-0.39, 0.29) is 21.1 Å². The van der Waals surface area contributed by atoms with Gasteiger partial charge in [-0.25, -0.2) is 8.42 Å². The Kier molecular flexibility index (Phi) is 19.7. The van der Waals surface area contributed by atoms with Crippen molar-refractivity contribution in [2.75, 3.05) is 0 Å². The van der Waals surface area contributed by atoms with Crippen LogP contribution in [0.2, 0.25) is 0 Å². The summed E-state index contributed by atoms with van der Waals surface area (Å²) >= 11 is 0. The molecule has 0 aliphatic rings. The van der Waals surface area contributed by atoms with Gasteiger partial charge in [0.25, 0.3) is 0 Å². The van der Waals surface area contributed by atoms with Crippen LogP contribution in [-0.4, -0.2) is 18.5 Å². The van der Waals surface area contributed by atoms with E-state index in [9.17, 15) is 13.2 Å². The third-order valence-corrected chi connectivity index (χ3v) is 12.3. The molecule has 0 aromatic heterocycles. The molecule has 1 radical (unpaired) electrons. The predicted octanol–water partition coefficient (Wildman–Crippen LogP) is 8.73. The minimum atomic E-state index is -6.09. The van der Waals surface area contributed by atoms with Crippen LogP contribution < -0.4 is 31.8 Å². The van der Waals surface area contributed by atoms with Crippen molar-refractivity contribution >= 4 is 57.8 Å². The molecule has 52 heavy (non-hydrogen) atoms. The van der Waals surface area contributed by atoms with Crippen molar-refractivity contribution in [3.63, 3.8) is 0 Å². The summed E-state index contributed by atoms with van der Waals surface area (Å²) in [5, 5.41) is 8.39. The number of hydrogen-bond donors (Lipinski definition) is 0. The van der Waals surface area contributed by atoms with Crippen LogP contribution in [0.3, 0.4) is 0 Å². The van der Waals surface area contributed by atoms with E-state index in [0.29, 0.717) is 0 Å². The quantitative estimate of drug-likeness (QED) is 0.0915. The molecule has 6 aromatic carbocycles. The second kappa shape index (κ2) is 23.1. The summed E-state index contributed by atoms with van der Waals surface area (Å²) in [6, 6.07) is 64.7. The van der Waals surface area contributed by atoms with E-state index < -0.39 is 31.5 Å². The molecule has 0 spiro atoms. The van der Waals surface area contributed by atoms with Gasteiger partial charge in [0.05, 0.1) is 0 Å². The van der Waals surface area contributed by atoms with Crippen LogP contribution in [-0.2, 0) is 31.2 Å². The molecule has 10 heteroatoms. The molecule has 0 aliphatic carbocycles. The third kappa shape index (κ3) is 15.1. The Morgan fingerprint density at radius 2 is 0.654 bits per heavy atom. The summed E-state index contributed by atoms with van der Waals surface area (Å²) in [6.45, 7) is 7.56.